The van der Waals surface area contributed by atoms with Crippen LogP contribution in [0.25, 0.3) is 10.9 Å². The molecule has 3 rings (SSSR count). The van der Waals surface area contributed by atoms with Gasteiger partial charge in [0.1, 0.15) is 5.75 Å². The lowest BCUT2D eigenvalue weighted by atomic mass is 9.88. The topological polar surface area (TPSA) is 28.3 Å². The van der Waals surface area contributed by atoms with Crippen molar-refractivity contribution in [2.45, 2.75) is 45.6 Å². The lowest BCUT2D eigenvalue weighted by Crippen LogP contribution is -2.37. The summed E-state index contributed by atoms with van der Waals surface area (Å²) in [5.74, 6) is 1.08. The number of benzene rings is 1. The van der Waals surface area contributed by atoms with Gasteiger partial charge in [0, 0.05) is 28.7 Å². The molecule has 1 aliphatic carbocycles. The maximum Gasteiger partial charge on any atom is 0.123 e. The summed E-state index contributed by atoms with van der Waals surface area (Å²) in [6.45, 7) is 6.36. The zero-order valence-electron chi connectivity index (χ0n) is 13.4. The van der Waals surface area contributed by atoms with Crippen molar-refractivity contribution in [2.24, 2.45) is 0 Å². The zero-order chi connectivity index (χ0) is 14.8. The molecule has 0 bridgehead atoms. The molecule has 114 valence electrons. The van der Waals surface area contributed by atoms with Crippen molar-refractivity contribution < 1.29 is 4.74 Å². The van der Waals surface area contributed by atoms with Crippen LogP contribution in [-0.4, -0.2) is 36.1 Å². The van der Waals surface area contributed by atoms with E-state index in [2.05, 4.69) is 49.1 Å². The minimum absolute atomic E-state index is 0.586. The fraction of sp³-hybridized carbons (Fsp3) is 0.556. The Labute approximate surface area is 127 Å². The van der Waals surface area contributed by atoms with Crippen LogP contribution in [0.2, 0.25) is 0 Å². The molecule has 0 spiro atoms. The van der Waals surface area contributed by atoms with Gasteiger partial charge in [-0.05, 0) is 57.0 Å². The van der Waals surface area contributed by atoms with Gasteiger partial charge in [-0.1, -0.05) is 13.8 Å². The van der Waals surface area contributed by atoms with E-state index in [1.165, 1.54) is 28.5 Å². The number of aromatic amines is 1. The standard InChI is InChI=1S/C18H26N2O/c1-4-8-20(3)14-10-13-12-19-16-6-7-17(21-9-5-2)15(11-14)18(13)16/h6-7,12,14,19H,4-5,8-11H2,1-3H3. The van der Waals surface area contributed by atoms with Crippen molar-refractivity contribution in [3.8, 4) is 5.75 Å². The van der Waals surface area contributed by atoms with Crippen molar-refractivity contribution in [3.63, 3.8) is 0 Å². The molecule has 21 heavy (non-hydrogen) atoms. The van der Waals surface area contributed by atoms with Crippen LogP contribution in [0.5, 0.6) is 5.75 Å². The van der Waals surface area contributed by atoms with Crippen LogP contribution in [0.4, 0.5) is 0 Å². The van der Waals surface area contributed by atoms with E-state index >= 15 is 0 Å². The molecular weight excluding hydrogens is 260 g/mol. The first-order valence-corrected chi connectivity index (χ1v) is 8.19. The summed E-state index contributed by atoms with van der Waals surface area (Å²) in [7, 11) is 2.25. The Morgan fingerprint density at radius 2 is 2.10 bits per heavy atom. The van der Waals surface area contributed by atoms with Crippen molar-refractivity contribution in [1.82, 2.24) is 9.88 Å². The SMILES string of the molecule is CCCOc1ccc2[nH]cc3c2c1CC(N(C)CCC)C3. The van der Waals surface area contributed by atoms with Gasteiger partial charge in [-0.3, -0.25) is 0 Å². The molecule has 1 N–H and O–H groups in total. The third-order valence-corrected chi connectivity index (χ3v) is 4.55. The van der Waals surface area contributed by atoms with Crippen molar-refractivity contribution >= 4 is 10.9 Å². The first kappa shape index (κ1) is 14.5. The maximum atomic E-state index is 6.00. The smallest absolute Gasteiger partial charge is 0.123 e. The summed E-state index contributed by atoms with van der Waals surface area (Å²) >= 11 is 0. The van der Waals surface area contributed by atoms with Gasteiger partial charge in [0.2, 0.25) is 0 Å². The molecule has 3 heteroatoms. The molecule has 2 aromatic rings. The predicted molar refractivity (Wildman–Crippen MR) is 88.2 cm³/mol. The van der Waals surface area contributed by atoms with Gasteiger partial charge in [-0.15, -0.1) is 0 Å². The van der Waals surface area contributed by atoms with E-state index in [1.54, 1.807) is 0 Å². The number of nitrogens with one attached hydrogen (secondary N) is 1. The Morgan fingerprint density at radius 1 is 1.24 bits per heavy atom. The molecule has 3 nitrogen and oxygen atoms in total. The Balaban J connectivity index is 1.96. The second kappa shape index (κ2) is 6.10. The fourth-order valence-electron chi connectivity index (χ4n) is 3.47. The van der Waals surface area contributed by atoms with Crippen LogP contribution in [0.15, 0.2) is 18.3 Å². The highest BCUT2D eigenvalue weighted by Gasteiger charge is 2.26. The number of aromatic nitrogens is 1. The van der Waals surface area contributed by atoms with Crippen LogP contribution >= 0.6 is 0 Å². The molecule has 1 unspecified atom stereocenters. The molecule has 0 fully saturated rings. The minimum atomic E-state index is 0.586. The van der Waals surface area contributed by atoms with E-state index in [0.717, 1.165) is 38.2 Å². The van der Waals surface area contributed by atoms with Crippen LogP contribution in [-0.2, 0) is 12.8 Å². The quantitative estimate of drug-likeness (QED) is 0.875. The van der Waals surface area contributed by atoms with Gasteiger partial charge in [-0.25, -0.2) is 0 Å². The van der Waals surface area contributed by atoms with Gasteiger partial charge in [0.05, 0.1) is 6.61 Å². The number of nitrogens with zero attached hydrogens (tertiary/aromatic N) is 1. The molecule has 0 amide bonds. The Bertz CT molecular complexity index is 617. The summed E-state index contributed by atoms with van der Waals surface area (Å²) < 4.78 is 6.00. The van der Waals surface area contributed by atoms with E-state index in [0.29, 0.717) is 6.04 Å². The average molecular weight is 286 g/mol. The van der Waals surface area contributed by atoms with Gasteiger partial charge in [0.15, 0.2) is 0 Å². The lowest BCUT2D eigenvalue weighted by Gasteiger charge is -2.32. The summed E-state index contributed by atoms with van der Waals surface area (Å²) in [4.78, 5) is 5.92. The highest BCUT2D eigenvalue weighted by atomic mass is 16.5. The number of ether oxygens (including phenoxy) is 1. The fourth-order valence-corrected chi connectivity index (χ4v) is 3.47. The molecule has 1 aliphatic rings. The molecule has 1 heterocycles. The molecule has 0 saturated carbocycles. The highest BCUT2D eigenvalue weighted by Crippen LogP contribution is 2.36. The molecule has 0 radical (unpaired) electrons. The molecule has 1 aromatic carbocycles. The van der Waals surface area contributed by atoms with E-state index in [9.17, 15) is 0 Å². The zero-order valence-corrected chi connectivity index (χ0v) is 13.4. The van der Waals surface area contributed by atoms with Gasteiger partial charge >= 0.3 is 0 Å². The Kier molecular flexibility index (Phi) is 4.20. The van der Waals surface area contributed by atoms with Crippen LogP contribution in [0.1, 0.15) is 37.8 Å². The Morgan fingerprint density at radius 3 is 2.86 bits per heavy atom. The predicted octanol–water partition coefficient (Wildman–Crippen LogP) is 3.77. The van der Waals surface area contributed by atoms with Gasteiger partial charge < -0.3 is 14.6 Å². The second-order valence-corrected chi connectivity index (χ2v) is 6.17. The number of H-pyrrole nitrogens is 1. The van der Waals surface area contributed by atoms with Crippen LogP contribution in [0.3, 0.4) is 0 Å². The molecule has 0 aliphatic heterocycles. The molecule has 0 saturated heterocycles. The second-order valence-electron chi connectivity index (χ2n) is 6.17. The Hall–Kier alpha value is -1.48. The van der Waals surface area contributed by atoms with Gasteiger partial charge in [-0.2, -0.15) is 0 Å². The summed E-state index contributed by atoms with van der Waals surface area (Å²) in [6, 6.07) is 4.88. The van der Waals surface area contributed by atoms with Crippen molar-refractivity contribution in [3.05, 3.63) is 29.5 Å². The van der Waals surface area contributed by atoms with E-state index in [4.69, 9.17) is 4.74 Å². The van der Waals surface area contributed by atoms with Crippen LogP contribution in [0, 0.1) is 0 Å². The third kappa shape index (κ3) is 2.67. The summed E-state index contributed by atoms with van der Waals surface area (Å²) in [5.41, 5.74) is 4.10. The number of hydrogen-bond donors (Lipinski definition) is 1. The van der Waals surface area contributed by atoms with Crippen molar-refractivity contribution in [1.29, 1.82) is 0 Å². The first-order valence-electron chi connectivity index (χ1n) is 8.19. The van der Waals surface area contributed by atoms with Gasteiger partial charge in [0.25, 0.3) is 0 Å². The van der Waals surface area contributed by atoms with Crippen molar-refractivity contribution in [2.75, 3.05) is 20.2 Å². The van der Waals surface area contributed by atoms with Crippen LogP contribution < -0.4 is 4.74 Å². The normalized spacial score (nSPS) is 17.6. The molecule has 1 atom stereocenters. The largest absolute Gasteiger partial charge is 0.493 e. The third-order valence-electron chi connectivity index (χ3n) is 4.55. The van der Waals surface area contributed by atoms with E-state index in [-0.39, 0.29) is 0 Å². The number of hydrogen-bond acceptors (Lipinski definition) is 2. The number of rotatable bonds is 6. The first-order chi connectivity index (χ1) is 10.2. The van der Waals surface area contributed by atoms with E-state index in [1.807, 2.05) is 0 Å². The minimum Gasteiger partial charge on any atom is -0.493 e. The molecule has 1 aromatic heterocycles. The average Bonchev–Trinajstić information content (AvgIpc) is 2.91. The summed E-state index contributed by atoms with van der Waals surface area (Å²) in [5, 5.41) is 1.41. The maximum absolute atomic E-state index is 6.00. The monoisotopic (exact) mass is 286 g/mol. The lowest BCUT2D eigenvalue weighted by molar-refractivity contribution is 0.234. The molecular formula is C18H26N2O. The van der Waals surface area contributed by atoms with E-state index < -0.39 is 0 Å². The highest BCUT2D eigenvalue weighted by molar-refractivity contribution is 5.89. The number of likely N-dealkylation sites (N-methyl/N-ethyl adjacent to an activating group) is 1. The summed E-state index contributed by atoms with van der Waals surface area (Å²) in [6.07, 6.45) is 6.68.